The summed E-state index contributed by atoms with van der Waals surface area (Å²) >= 11 is 0. The molecule has 0 bridgehead atoms. The zero-order valence-electron chi connectivity index (χ0n) is 9.58. The predicted octanol–water partition coefficient (Wildman–Crippen LogP) is 3.02. The van der Waals surface area contributed by atoms with E-state index < -0.39 is 5.97 Å². The number of carboxylic acid groups (broad SMARTS) is 1. The van der Waals surface area contributed by atoms with Gasteiger partial charge in [-0.2, -0.15) is 0 Å². The maximum absolute atomic E-state index is 11.3. The number of para-hydroxylation sites is 1. The van der Waals surface area contributed by atoms with Gasteiger partial charge in [-0.3, -0.25) is 0 Å². The number of aromatic hydroxyl groups is 1. The van der Waals surface area contributed by atoms with E-state index in [4.69, 9.17) is 0 Å². The molecule has 3 heteroatoms. The second kappa shape index (κ2) is 5.19. The summed E-state index contributed by atoms with van der Waals surface area (Å²) in [5.41, 5.74) is 1.24. The Kier molecular flexibility index (Phi) is 3.44. The van der Waals surface area contributed by atoms with Crippen molar-refractivity contribution in [2.45, 2.75) is 0 Å². The molecule has 3 nitrogen and oxygen atoms in total. The molecule has 2 N–H and O–H groups in total. The van der Waals surface area contributed by atoms with Crippen LogP contribution in [0.4, 0.5) is 0 Å². The van der Waals surface area contributed by atoms with Crippen LogP contribution in [0.1, 0.15) is 11.1 Å². The summed E-state index contributed by atoms with van der Waals surface area (Å²) < 4.78 is 0. The van der Waals surface area contributed by atoms with Crippen LogP contribution in [-0.4, -0.2) is 16.2 Å². The first-order valence-corrected chi connectivity index (χ1v) is 5.47. The maximum atomic E-state index is 11.3. The number of phenolic OH excluding ortho intramolecular Hbond substituents is 1. The van der Waals surface area contributed by atoms with Gasteiger partial charge in [0.2, 0.25) is 0 Å². The van der Waals surface area contributed by atoms with Crippen LogP contribution in [0.15, 0.2) is 54.6 Å². The molecule has 0 aliphatic carbocycles. The molecule has 2 aromatic rings. The van der Waals surface area contributed by atoms with Crippen molar-refractivity contribution < 1.29 is 15.0 Å². The van der Waals surface area contributed by atoms with Crippen LogP contribution < -0.4 is 0 Å². The maximum Gasteiger partial charge on any atom is 0.336 e. The highest BCUT2D eigenvalue weighted by Gasteiger charge is 2.10. The quantitative estimate of drug-likeness (QED) is 0.640. The second-order valence-corrected chi connectivity index (χ2v) is 3.79. The molecule has 0 spiro atoms. The molecule has 18 heavy (non-hydrogen) atoms. The Morgan fingerprint density at radius 2 is 1.56 bits per heavy atom. The molecule has 0 saturated carbocycles. The fraction of sp³-hybridized carbons (Fsp3) is 0. The standard InChI is InChI=1S/C15H12O3/c16-14-9-5-4-8-12(14)10-13(15(17)18)11-6-2-1-3-7-11/h1-10,16H,(H,17,18)/b13-10+. The van der Waals surface area contributed by atoms with Gasteiger partial charge in [0.15, 0.2) is 0 Å². The molecule has 0 amide bonds. The molecule has 2 aromatic carbocycles. The second-order valence-electron chi connectivity index (χ2n) is 3.79. The zero-order chi connectivity index (χ0) is 13.0. The largest absolute Gasteiger partial charge is 0.507 e. The van der Waals surface area contributed by atoms with E-state index in [9.17, 15) is 15.0 Å². The number of rotatable bonds is 3. The van der Waals surface area contributed by atoms with Crippen LogP contribution in [0, 0.1) is 0 Å². The van der Waals surface area contributed by atoms with E-state index in [-0.39, 0.29) is 11.3 Å². The van der Waals surface area contributed by atoms with Crippen LogP contribution in [0.25, 0.3) is 11.6 Å². The molecule has 90 valence electrons. The van der Waals surface area contributed by atoms with Gasteiger partial charge in [0, 0.05) is 5.56 Å². The molecular formula is C15H12O3. The third kappa shape index (κ3) is 2.58. The minimum absolute atomic E-state index is 0.0622. The van der Waals surface area contributed by atoms with Crippen molar-refractivity contribution >= 4 is 17.6 Å². The van der Waals surface area contributed by atoms with Crippen molar-refractivity contribution in [2.24, 2.45) is 0 Å². The van der Waals surface area contributed by atoms with Crippen LogP contribution in [0.3, 0.4) is 0 Å². The van der Waals surface area contributed by atoms with E-state index in [0.717, 1.165) is 0 Å². The molecule has 0 atom stereocenters. The first kappa shape index (κ1) is 11.9. The van der Waals surface area contributed by atoms with Crippen molar-refractivity contribution in [1.82, 2.24) is 0 Å². The lowest BCUT2D eigenvalue weighted by molar-refractivity contribution is -0.130. The number of hydrogen-bond donors (Lipinski definition) is 2. The molecule has 0 fully saturated rings. The van der Waals surface area contributed by atoms with Gasteiger partial charge >= 0.3 is 5.97 Å². The average Bonchev–Trinajstić information content (AvgIpc) is 2.38. The van der Waals surface area contributed by atoms with Crippen LogP contribution >= 0.6 is 0 Å². The number of aliphatic carboxylic acids is 1. The van der Waals surface area contributed by atoms with Gasteiger partial charge in [0.05, 0.1) is 5.57 Å². The highest BCUT2D eigenvalue weighted by atomic mass is 16.4. The summed E-state index contributed by atoms with van der Waals surface area (Å²) in [6.07, 6.45) is 1.47. The highest BCUT2D eigenvalue weighted by Crippen LogP contribution is 2.23. The molecule has 0 aliphatic rings. The molecule has 0 aliphatic heterocycles. The average molecular weight is 240 g/mol. The van der Waals surface area contributed by atoms with Crippen molar-refractivity contribution in [3.05, 3.63) is 65.7 Å². The van der Waals surface area contributed by atoms with E-state index in [1.165, 1.54) is 12.1 Å². The summed E-state index contributed by atoms with van der Waals surface area (Å²) in [5, 5.41) is 18.9. The lowest BCUT2D eigenvalue weighted by atomic mass is 10.0. The Morgan fingerprint density at radius 3 is 2.17 bits per heavy atom. The number of benzene rings is 2. The SMILES string of the molecule is O=C(O)/C(=C/c1ccccc1O)c1ccccc1. The minimum atomic E-state index is -1.02. The van der Waals surface area contributed by atoms with Gasteiger partial charge < -0.3 is 10.2 Å². The Hall–Kier alpha value is -2.55. The van der Waals surface area contributed by atoms with E-state index in [0.29, 0.717) is 11.1 Å². The van der Waals surface area contributed by atoms with Gasteiger partial charge in [0.1, 0.15) is 5.75 Å². The highest BCUT2D eigenvalue weighted by molar-refractivity contribution is 6.20. The van der Waals surface area contributed by atoms with Crippen LogP contribution in [0.2, 0.25) is 0 Å². The summed E-state index contributed by atoms with van der Waals surface area (Å²) in [7, 11) is 0. The van der Waals surface area contributed by atoms with Crippen molar-refractivity contribution in [3.63, 3.8) is 0 Å². The molecule has 0 unspecified atom stereocenters. The van der Waals surface area contributed by atoms with Gasteiger partial charge in [-0.25, -0.2) is 4.79 Å². The number of phenols is 1. The predicted molar refractivity (Wildman–Crippen MR) is 70.1 cm³/mol. The monoisotopic (exact) mass is 240 g/mol. The van der Waals surface area contributed by atoms with Gasteiger partial charge in [-0.1, -0.05) is 48.5 Å². The fourth-order valence-corrected chi connectivity index (χ4v) is 1.65. The lowest BCUT2D eigenvalue weighted by Gasteiger charge is -2.04. The topological polar surface area (TPSA) is 57.5 Å². The molecule has 0 radical (unpaired) electrons. The smallest absolute Gasteiger partial charge is 0.336 e. The fourth-order valence-electron chi connectivity index (χ4n) is 1.65. The molecule has 0 heterocycles. The molecule has 2 rings (SSSR count). The number of carbonyl (C=O) groups is 1. The summed E-state index contributed by atoms with van der Waals surface area (Å²) in [4.78, 5) is 11.3. The normalized spacial score (nSPS) is 11.2. The van der Waals surface area contributed by atoms with Crippen LogP contribution in [-0.2, 0) is 4.79 Å². The Bertz CT molecular complexity index is 586. The first-order chi connectivity index (χ1) is 8.68. The Morgan fingerprint density at radius 1 is 0.944 bits per heavy atom. The zero-order valence-corrected chi connectivity index (χ0v) is 9.58. The van der Waals surface area contributed by atoms with E-state index in [1.807, 2.05) is 6.07 Å². The summed E-state index contributed by atoms with van der Waals surface area (Å²) in [6, 6.07) is 15.4. The van der Waals surface area contributed by atoms with E-state index in [1.54, 1.807) is 42.5 Å². The van der Waals surface area contributed by atoms with E-state index in [2.05, 4.69) is 0 Å². The third-order valence-electron chi connectivity index (χ3n) is 2.55. The van der Waals surface area contributed by atoms with Crippen LogP contribution in [0.5, 0.6) is 5.75 Å². The number of carboxylic acids is 1. The van der Waals surface area contributed by atoms with E-state index >= 15 is 0 Å². The molecule has 0 aromatic heterocycles. The minimum Gasteiger partial charge on any atom is -0.507 e. The first-order valence-electron chi connectivity index (χ1n) is 5.47. The lowest BCUT2D eigenvalue weighted by Crippen LogP contribution is -1.99. The number of hydrogen-bond acceptors (Lipinski definition) is 2. The van der Waals surface area contributed by atoms with Crippen molar-refractivity contribution in [1.29, 1.82) is 0 Å². The van der Waals surface area contributed by atoms with Crippen molar-refractivity contribution in [3.8, 4) is 5.75 Å². The Labute approximate surface area is 105 Å². The van der Waals surface area contributed by atoms with Crippen molar-refractivity contribution in [2.75, 3.05) is 0 Å². The summed E-state index contributed by atoms with van der Waals surface area (Å²) in [5.74, 6) is -0.961. The molecule has 0 saturated heterocycles. The molecular weight excluding hydrogens is 228 g/mol. The van der Waals surface area contributed by atoms with Gasteiger partial charge in [0.25, 0.3) is 0 Å². The van der Waals surface area contributed by atoms with Gasteiger partial charge in [-0.05, 0) is 17.7 Å². The van der Waals surface area contributed by atoms with Gasteiger partial charge in [-0.15, -0.1) is 0 Å². The Balaban J connectivity index is 2.50. The summed E-state index contributed by atoms with van der Waals surface area (Å²) in [6.45, 7) is 0. The third-order valence-corrected chi connectivity index (χ3v) is 2.55.